The lowest BCUT2D eigenvalue weighted by atomic mass is 10.2. The van der Waals surface area contributed by atoms with Crippen molar-refractivity contribution in [2.24, 2.45) is 0 Å². The molecule has 0 saturated carbocycles. The van der Waals surface area contributed by atoms with Crippen LogP contribution in [0.1, 0.15) is 10.4 Å². The van der Waals surface area contributed by atoms with Crippen LogP contribution < -0.4 is 10.2 Å². The van der Waals surface area contributed by atoms with E-state index in [0.717, 1.165) is 0 Å². The zero-order valence-electron chi connectivity index (χ0n) is 10.1. The van der Waals surface area contributed by atoms with Gasteiger partial charge in [0.1, 0.15) is 5.75 Å². The van der Waals surface area contributed by atoms with Crippen LogP contribution in [0.3, 0.4) is 0 Å². The molecule has 0 aliphatic carbocycles. The maximum absolute atomic E-state index is 12.1. The van der Waals surface area contributed by atoms with Crippen LogP contribution >= 0.6 is 11.6 Å². The number of amides is 1. The van der Waals surface area contributed by atoms with Crippen molar-refractivity contribution in [2.45, 2.75) is 0 Å². The third-order valence-corrected chi connectivity index (χ3v) is 2.91. The molecule has 1 aliphatic rings. The van der Waals surface area contributed by atoms with Crippen molar-refractivity contribution in [3.63, 3.8) is 0 Å². The number of morpholine rings is 1. The Bertz CT molecular complexity index is 433. The summed E-state index contributed by atoms with van der Waals surface area (Å²) in [7, 11) is 1.52. The molecule has 1 amide bonds. The minimum atomic E-state index is -0.226. The first-order valence-corrected chi connectivity index (χ1v) is 6.05. The van der Waals surface area contributed by atoms with Crippen molar-refractivity contribution in [1.82, 2.24) is 10.4 Å². The molecule has 5 nitrogen and oxygen atoms in total. The van der Waals surface area contributed by atoms with Gasteiger partial charge in [0, 0.05) is 18.1 Å². The predicted octanol–water partition coefficient (Wildman–Crippen LogP) is 1.33. The monoisotopic (exact) mass is 270 g/mol. The summed E-state index contributed by atoms with van der Waals surface area (Å²) in [5.41, 5.74) is 3.24. The second kappa shape index (κ2) is 6.04. The summed E-state index contributed by atoms with van der Waals surface area (Å²) in [6, 6.07) is 4.96. The summed E-state index contributed by atoms with van der Waals surface area (Å²) < 4.78 is 10.4. The highest BCUT2D eigenvalue weighted by atomic mass is 35.5. The van der Waals surface area contributed by atoms with Gasteiger partial charge in [-0.05, 0) is 18.2 Å². The smallest absolute Gasteiger partial charge is 0.269 e. The van der Waals surface area contributed by atoms with E-state index in [1.807, 2.05) is 5.01 Å². The van der Waals surface area contributed by atoms with Crippen LogP contribution in [-0.2, 0) is 4.74 Å². The molecule has 0 spiro atoms. The lowest BCUT2D eigenvalue weighted by Gasteiger charge is -2.27. The number of hydrogen-bond acceptors (Lipinski definition) is 4. The molecule has 98 valence electrons. The summed E-state index contributed by atoms with van der Waals surface area (Å²) in [6.45, 7) is 2.59. The van der Waals surface area contributed by atoms with Crippen LogP contribution in [0.15, 0.2) is 18.2 Å². The second-order valence-corrected chi connectivity index (χ2v) is 4.32. The van der Waals surface area contributed by atoms with Crippen molar-refractivity contribution in [3.8, 4) is 5.75 Å². The number of hydrogen-bond donors (Lipinski definition) is 1. The second-order valence-electron chi connectivity index (χ2n) is 3.88. The molecule has 18 heavy (non-hydrogen) atoms. The minimum absolute atomic E-state index is 0.226. The number of carbonyl (C=O) groups excluding carboxylic acids is 1. The number of hydrazine groups is 1. The van der Waals surface area contributed by atoms with Gasteiger partial charge in [0.2, 0.25) is 0 Å². The Balaban J connectivity index is 2.09. The number of halogens is 1. The van der Waals surface area contributed by atoms with Gasteiger partial charge in [-0.15, -0.1) is 0 Å². The van der Waals surface area contributed by atoms with Crippen molar-refractivity contribution in [2.75, 3.05) is 33.4 Å². The van der Waals surface area contributed by atoms with E-state index < -0.39 is 0 Å². The number of carbonyl (C=O) groups is 1. The summed E-state index contributed by atoms with van der Waals surface area (Å²) in [6.07, 6.45) is 0. The number of nitrogens with zero attached hydrogens (tertiary/aromatic N) is 1. The number of methoxy groups -OCH3 is 1. The fourth-order valence-corrected chi connectivity index (χ4v) is 1.91. The fraction of sp³-hybridized carbons (Fsp3) is 0.417. The molecule has 1 saturated heterocycles. The van der Waals surface area contributed by atoms with Crippen LogP contribution in [0.5, 0.6) is 5.75 Å². The van der Waals surface area contributed by atoms with Crippen LogP contribution in [-0.4, -0.2) is 44.3 Å². The normalized spacial score (nSPS) is 16.3. The van der Waals surface area contributed by atoms with E-state index in [9.17, 15) is 4.79 Å². The van der Waals surface area contributed by atoms with Gasteiger partial charge in [-0.1, -0.05) is 11.6 Å². The lowest BCUT2D eigenvalue weighted by molar-refractivity contribution is 0.0125. The van der Waals surface area contributed by atoms with E-state index in [4.69, 9.17) is 21.1 Å². The maximum Gasteiger partial charge on any atom is 0.269 e. The Morgan fingerprint density at radius 1 is 1.44 bits per heavy atom. The molecular formula is C12H15ClN2O3. The summed E-state index contributed by atoms with van der Waals surface area (Å²) in [4.78, 5) is 12.1. The van der Waals surface area contributed by atoms with Gasteiger partial charge >= 0.3 is 0 Å². The predicted molar refractivity (Wildman–Crippen MR) is 67.9 cm³/mol. The van der Waals surface area contributed by atoms with Gasteiger partial charge in [-0.3, -0.25) is 10.2 Å². The Hall–Kier alpha value is -1.30. The molecule has 0 unspecified atom stereocenters. The van der Waals surface area contributed by atoms with E-state index in [-0.39, 0.29) is 5.91 Å². The fourth-order valence-electron chi connectivity index (χ4n) is 1.74. The Labute approximate surface area is 111 Å². The summed E-state index contributed by atoms with van der Waals surface area (Å²) in [5.74, 6) is 0.279. The Kier molecular flexibility index (Phi) is 4.41. The van der Waals surface area contributed by atoms with Gasteiger partial charge in [0.25, 0.3) is 5.91 Å². The molecule has 1 aliphatic heterocycles. The van der Waals surface area contributed by atoms with Crippen molar-refractivity contribution < 1.29 is 14.3 Å². The highest BCUT2D eigenvalue weighted by molar-refractivity contribution is 6.31. The molecule has 1 aromatic rings. The molecule has 1 aromatic carbocycles. The quantitative estimate of drug-likeness (QED) is 0.900. The van der Waals surface area contributed by atoms with Crippen molar-refractivity contribution in [1.29, 1.82) is 0 Å². The van der Waals surface area contributed by atoms with Gasteiger partial charge in [0.15, 0.2) is 0 Å². The SMILES string of the molecule is COc1ccc(Cl)cc1C(=O)NN1CCOCC1. The van der Waals surface area contributed by atoms with E-state index in [0.29, 0.717) is 42.6 Å². The van der Waals surface area contributed by atoms with Crippen LogP contribution in [0.4, 0.5) is 0 Å². The van der Waals surface area contributed by atoms with E-state index in [1.165, 1.54) is 7.11 Å². The summed E-state index contributed by atoms with van der Waals surface area (Å²) >= 11 is 5.89. The standard InChI is InChI=1S/C12H15ClN2O3/c1-17-11-3-2-9(13)8-10(11)12(16)14-15-4-6-18-7-5-15/h2-3,8H,4-7H2,1H3,(H,14,16). The van der Waals surface area contributed by atoms with Crippen LogP contribution in [0, 0.1) is 0 Å². The first kappa shape index (κ1) is 13.1. The highest BCUT2D eigenvalue weighted by Crippen LogP contribution is 2.22. The van der Waals surface area contributed by atoms with Gasteiger partial charge < -0.3 is 9.47 Å². The topological polar surface area (TPSA) is 50.8 Å². The molecule has 0 aromatic heterocycles. The third-order valence-electron chi connectivity index (χ3n) is 2.68. The molecule has 1 heterocycles. The Morgan fingerprint density at radius 2 is 2.17 bits per heavy atom. The Morgan fingerprint density at radius 3 is 2.83 bits per heavy atom. The van der Waals surface area contributed by atoms with Crippen molar-refractivity contribution in [3.05, 3.63) is 28.8 Å². The zero-order chi connectivity index (χ0) is 13.0. The molecule has 1 fully saturated rings. The van der Waals surface area contributed by atoms with Gasteiger partial charge in [0.05, 0.1) is 25.9 Å². The highest BCUT2D eigenvalue weighted by Gasteiger charge is 2.17. The number of benzene rings is 1. The lowest BCUT2D eigenvalue weighted by Crippen LogP contribution is -2.48. The first-order chi connectivity index (χ1) is 8.70. The minimum Gasteiger partial charge on any atom is -0.496 e. The third kappa shape index (κ3) is 3.13. The zero-order valence-corrected chi connectivity index (χ0v) is 10.9. The number of ether oxygens (including phenoxy) is 2. The van der Waals surface area contributed by atoms with E-state index in [1.54, 1.807) is 18.2 Å². The average Bonchev–Trinajstić information content (AvgIpc) is 2.40. The molecule has 0 bridgehead atoms. The molecule has 0 atom stereocenters. The first-order valence-electron chi connectivity index (χ1n) is 5.68. The van der Waals surface area contributed by atoms with E-state index >= 15 is 0 Å². The van der Waals surface area contributed by atoms with Gasteiger partial charge in [-0.2, -0.15) is 0 Å². The number of nitrogens with one attached hydrogen (secondary N) is 1. The van der Waals surface area contributed by atoms with E-state index in [2.05, 4.69) is 5.43 Å². The molecular weight excluding hydrogens is 256 g/mol. The number of rotatable bonds is 3. The average molecular weight is 271 g/mol. The molecule has 2 rings (SSSR count). The van der Waals surface area contributed by atoms with Crippen LogP contribution in [0.2, 0.25) is 5.02 Å². The molecule has 6 heteroatoms. The van der Waals surface area contributed by atoms with Crippen LogP contribution in [0.25, 0.3) is 0 Å². The van der Waals surface area contributed by atoms with Gasteiger partial charge in [-0.25, -0.2) is 5.01 Å². The molecule has 0 radical (unpaired) electrons. The van der Waals surface area contributed by atoms with Crippen molar-refractivity contribution >= 4 is 17.5 Å². The maximum atomic E-state index is 12.1. The largest absolute Gasteiger partial charge is 0.496 e. The molecule has 1 N–H and O–H groups in total. The summed E-state index contributed by atoms with van der Waals surface area (Å²) in [5, 5.41) is 2.33.